The minimum atomic E-state index is -0.0544. The zero-order valence-electron chi connectivity index (χ0n) is 14.7. The maximum Gasteiger partial charge on any atom is 0.258 e. The first-order chi connectivity index (χ1) is 12.7. The molecular formula is C21H23ClN2O2. The molecule has 0 bridgehead atoms. The third-order valence-corrected chi connectivity index (χ3v) is 4.75. The van der Waals surface area contributed by atoms with Crippen LogP contribution >= 0.6 is 11.6 Å². The first-order valence-corrected chi connectivity index (χ1v) is 9.39. The fourth-order valence-electron chi connectivity index (χ4n) is 3.02. The van der Waals surface area contributed by atoms with E-state index in [4.69, 9.17) is 16.3 Å². The first-order valence-electron chi connectivity index (χ1n) is 9.01. The van der Waals surface area contributed by atoms with Crippen LogP contribution < -0.4 is 10.1 Å². The second kappa shape index (κ2) is 9.39. The van der Waals surface area contributed by atoms with Crippen molar-refractivity contribution in [1.82, 2.24) is 5.32 Å². The highest BCUT2D eigenvalue weighted by atomic mass is 35.5. The van der Waals surface area contributed by atoms with Crippen molar-refractivity contribution in [3.05, 3.63) is 59.1 Å². The Morgan fingerprint density at radius 2 is 1.85 bits per heavy atom. The minimum absolute atomic E-state index is 0.0452. The molecule has 0 aromatic heterocycles. The Morgan fingerprint density at radius 3 is 2.58 bits per heavy atom. The van der Waals surface area contributed by atoms with Crippen molar-refractivity contribution in [3.8, 4) is 5.75 Å². The number of nitrogens with one attached hydrogen (secondary N) is 1. The molecule has 26 heavy (non-hydrogen) atoms. The van der Waals surface area contributed by atoms with E-state index in [9.17, 15) is 4.79 Å². The number of aliphatic imine (C=N–C) groups is 1. The van der Waals surface area contributed by atoms with Crippen LogP contribution in [0.25, 0.3) is 0 Å². The number of nitrogens with zero attached hydrogens (tertiary/aromatic N) is 1. The number of rotatable bonds is 6. The van der Waals surface area contributed by atoms with E-state index in [-0.39, 0.29) is 12.5 Å². The Bertz CT molecular complexity index is 753. The molecule has 0 spiro atoms. The number of ether oxygens (including phenoxy) is 1. The summed E-state index contributed by atoms with van der Waals surface area (Å²) in [5.74, 6) is 0.611. The summed E-state index contributed by atoms with van der Waals surface area (Å²) in [6.45, 7) is 0.0452. The summed E-state index contributed by atoms with van der Waals surface area (Å²) in [6.07, 6.45) is 7.57. The highest BCUT2D eigenvalue weighted by Gasteiger charge is 2.15. The van der Waals surface area contributed by atoms with Crippen LogP contribution in [-0.4, -0.2) is 24.8 Å². The topological polar surface area (TPSA) is 50.7 Å². The summed E-state index contributed by atoms with van der Waals surface area (Å²) in [5, 5.41) is 3.66. The van der Waals surface area contributed by atoms with Crippen LogP contribution in [0.3, 0.4) is 0 Å². The monoisotopic (exact) mass is 370 g/mol. The van der Waals surface area contributed by atoms with Gasteiger partial charge in [-0.3, -0.25) is 9.79 Å². The maximum absolute atomic E-state index is 12.0. The number of carbonyl (C=O) groups excluding carboxylic acids is 1. The van der Waals surface area contributed by atoms with Crippen molar-refractivity contribution < 1.29 is 9.53 Å². The smallest absolute Gasteiger partial charge is 0.258 e. The molecule has 0 unspecified atom stereocenters. The van der Waals surface area contributed by atoms with Gasteiger partial charge in [0.05, 0.1) is 10.7 Å². The number of hydrogen-bond acceptors (Lipinski definition) is 3. The molecule has 0 saturated heterocycles. The van der Waals surface area contributed by atoms with E-state index in [1.165, 1.54) is 19.3 Å². The summed E-state index contributed by atoms with van der Waals surface area (Å²) < 4.78 is 5.57. The fourth-order valence-corrected chi connectivity index (χ4v) is 3.20. The van der Waals surface area contributed by atoms with Crippen molar-refractivity contribution in [3.63, 3.8) is 0 Å². The Labute approximate surface area is 159 Å². The molecule has 1 aliphatic carbocycles. The second-order valence-electron chi connectivity index (χ2n) is 6.47. The molecule has 1 aliphatic rings. The van der Waals surface area contributed by atoms with Crippen LogP contribution in [0.15, 0.2) is 53.5 Å². The predicted molar refractivity (Wildman–Crippen MR) is 106 cm³/mol. The molecule has 2 aromatic carbocycles. The lowest BCUT2D eigenvalue weighted by Gasteiger charge is -2.22. The van der Waals surface area contributed by atoms with Crippen LogP contribution in [0.2, 0.25) is 5.02 Å². The summed E-state index contributed by atoms with van der Waals surface area (Å²) in [7, 11) is 0. The molecule has 0 heterocycles. The molecule has 136 valence electrons. The van der Waals surface area contributed by atoms with E-state index in [1.54, 1.807) is 6.21 Å². The van der Waals surface area contributed by atoms with Crippen molar-refractivity contribution >= 4 is 29.4 Å². The normalized spacial score (nSPS) is 15.1. The third-order valence-electron chi connectivity index (χ3n) is 4.43. The van der Waals surface area contributed by atoms with Crippen LogP contribution in [0.1, 0.15) is 37.7 Å². The second-order valence-corrected chi connectivity index (χ2v) is 6.88. The van der Waals surface area contributed by atoms with Gasteiger partial charge in [-0.15, -0.1) is 0 Å². The van der Waals surface area contributed by atoms with E-state index in [0.717, 1.165) is 24.1 Å². The zero-order chi connectivity index (χ0) is 18.2. The molecule has 1 saturated carbocycles. The molecule has 3 rings (SSSR count). The Morgan fingerprint density at radius 1 is 1.12 bits per heavy atom. The molecule has 1 N–H and O–H groups in total. The molecule has 2 aromatic rings. The fraction of sp³-hybridized carbons (Fsp3) is 0.333. The van der Waals surface area contributed by atoms with Gasteiger partial charge in [0, 0.05) is 12.3 Å². The van der Waals surface area contributed by atoms with E-state index < -0.39 is 0 Å². The molecular weight excluding hydrogens is 348 g/mol. The van der Waals surface area contributed by atoms with Gasteiger partial charge in [0.1, 0.15) is 5.75 Å². The van der Waals surface area contributed by atoms with Crippen LogP contribution in [-0.2, 0) is 4.79 Å². The standard InChI is InChI=1S/C21H23ClN2O2/c22-19-8-4-5-9-20(19)23-14-16-10-12-18(13-11-16)26-15-21(25)24-17-6-2-1-3-7-17/h4-5,8-14,17H,1-3,6-7,15H2,(H,24,25). The summed E-state index contributed by atoms with van der Waals surface area (Å²) in [4.78, 5) is 16.4. The lowest BCUT2D eigenvalue weighted by Crippen LogP contribution is -2.38. The highest BCUT2D eigenvalue weighted by molar-refractivity contribution is 6.33. The van der Waals surface area contributed by atoms with Gasteiger partial charge in [0.2, 0.25) is 0 Å². The van der Waals surface area contributed by atoms with E-state index in [1.807, 2.05) is 48.5 Å². The molecule has 0 radical (unpaired) electrons. The lowest BCUT2D eigenvalue weighted by atomic mass is 9.95. The highest BCUT2D eigenvalue weighted by Crippen LogP contribution is 2.23. The summed E-state index contributed by atoms with van der Waals surface area (Å²) in [5.41, 5.74) is 1.66. The number of hydrogen-bond donors (Lipinski definition) is 1. The molecule has 4 nitrogen and oxygen atoms in total. The Kier molecular flexibility index (Phi) is 6.67. The average molecular weight is 371 g/mol. The van der Waals surface area contributed by atoms with Gasteiger partial charge in [-0.1, -0.05) is 43.0 Å². The van der Waals surface area contributed by atoms with Crippen LogP contribution in [0.4, 0.5) is 5.69 Å². The first kappa shape index (κ1) is 18.5. The lowest BCUT2D eigenvalue weighted by molar-refractivity contribution is -0.124. The third kappa shape index (κ3) is 5.60. The van der Waals surface area contributed by atoms with Crippen LogP contribution in [0, 0.1) is 0 Å². The molecule has 5 heteroatoms. The number of carbonyl (C=O) groups is 1. The summed E-state index contributed by atoms with van der Waals surface area (Å²) in [6, 6.07) is 15.2. The quantitative estimate of drug-likeness (QED) is 0.734. The van der Waals surface area contributed by atoms with E-state index in [0.29, 0.717) is 16.8 Å². The van der Waals surface area contributed by atoms with E-state index >= 15 is 0 Å². The van der Waals surface area contributed by atoms with Crippen LogP contribution in [0.5, 0.6) is 5.75 Å². The number of amides is 1. The molecule has 1 fully saturated rings. The Balaban J connectivity index is 1.48. The minimum Gasteiger partial charge on any atom is -0.484 e. The Hall–Kier alpha value is -2.33. The van der Waals surface area contributed by atoms with Crippen molar-refractivity contribution in [1.29, 1.82) is 0 Å². The summed E-state index contributed by atoms with van der Waals surface area (Å²) >= 11 is 6.08. The van der Waals surface area contributed by atoms with Gasteiger partial charge in [-0.25, -0.2) is 0 Å². The van der Waals surface area contributed by atoms with Gasteiger partial charge >= 0.3 is 0 Å². The zero-order valence-corrected chi connectivity index (χ0v) is 15.4. The van der Waals surface area contributed by atoms with E-state index in [2.05, 4.69) is 10.3 Å². The molecule has 0 atom stereocenters. The number of para-hydroxylation sites is 1. The van der Waals surface area contributed by atoms with Gasteiger partial charge < -0.3 is 10.1 Å². The van der Waals surface area contributed by atoms with Crippen molar-refractivity contribution in [2.45, 2.75) is 38.1 Å². The maximum atomic E-state index is 12.0. The number of benzene rings is 2. The molecule has 0 aliphatic heterocycles. The van der Waals surface area contributed by atoms with Gasteiger partial charge in [0.25, 0.3) is 5.91 Å². The van der Waals surface area contributed by atoms with Crippen molar-refractivity contribution in [2.24, 2.45) is 4.99 Å². The van der Waals surface area contributed by atoms with Gasteiger partial charge in [-0.05, 0) is 54.8 Å². The predicted octanol–water partition coefficient (Wildman–Crippen LogP) is 4.92. The molecule has 1 amide bonds. The SMILES string of the molecule is O=C(COc1ccc(C=Nc2ccccc2Cl)cc1)NC1CCCCC1. The van der Waals surface area contributed by atoms with Gasteiger partial charge in [0.15, 0.2) is 6.61 Å². The van der Waals surface area contributed by atoms with Crippen molar-refractivity contribution in [2.75, 3.05) is 6.61 Å². The number of halogens is 1. The van der Waals surface area contributed by atoms with Gasteiger partial charge in [-0.2, -0.15) is 0 Å². The largest absolute Gasteiger partial charge is 0.484 e. The average Bonchev–Trinajstić information content (AvgIpc) is 2.67.